The summed E-state index contributed by atoms with van der Waals surface area (Å²) in [5, 5.41) is 1.98. The molecule has 1 saturated heterocycles. The van der Waals surface area contributed by atoms with Crippen LogP contribution in [0.15, 0.2) is 66.7 Å². The Morgan fingerprint density at radius 1 is 1.00 bits per heavy atom. The number of carbonyl (C=O) groups excluding carboxylic acids is 2. The van der Waals surface area contributed by atoms with E-state index in [1.54, 1.807) is 12.0 Å². The normalized spacial score (nSPS) is 21.5. The Kier molecular flexibility index (Phi) is 6.67. The lowest BCUT2D eigenvalue weighted by Crippen LogP contribution is -2.36. The van der Waals surface area contributed by atoms with Gasteiger partial charge < -0.3 is 15.0 Å². The number of hydrogen-bond donors (Lipinski definition) is 2. The van der Waals surface area contributed by atoms with Gasteiger partial charge in [0.15, 0.2) is 0 Å². The van der Waals surface area contributed by atoms with Crippen LogP contribution in [-0.2, 0) is 39.8 Å². The molecule has 2 aliphatic rings. The highest BCUT2D eigenvalue weighted by Gasteiger charge is 2.39. The van der Waals surface area contributed by atoms with Crippen molar-refractivity contribution in [2.75, 3.05) is 12.0 Å². The van der Waals surface area contributed by atoms with E-state index >= 15 is 0 Å². The second-order valence-electron chi connectivity index (χ2n) is 8.68. The van der Waals surface area contributed by atoms with Crippen molar-refractivity contribution in [3.8, 4) is 16.9 Å². The first-order valence-electron chi connectivity index (χ1n) is 11.5. The minimum Gasteiger partial charge on any atom is -0.495 e. The summed E-state index contributed by atoms with van der Waals surface area (Å²) in [6.45, 7) is 0.412. The quantitative estimate of drug-likeness (QED) is 0.498. The van der Waals surface area contributed by atoms with Crippen molar-refractivity contribution >= 4 is 40.9 Å². The molecule has 2 amide bonds. The molecular weight excluding hydrogens is 480 g/mol. The summed E-state index contributed by atoms with van der Waals surface area (Å²) in [5.74, 6) is 0.384. The molecule has 6 nitrogen and oxygen atoms in total. The highest BCUT2D eigenvalue weighted by atomic mass is 32.2. The van der Waals surface area contributed by atoms with Gasteiger partial charge in [-0.05, 0) is 46.7 Å². The average Bonchev–Trinajstić information content (AvgIpc) is 3.12. The number of thiol groups is 1. The van der Waals surface area contributed by atoms with Gasteiger partial charge in [0.2, 0.25) is 11.8 Å². The van der Waals surface area contributed by atoms with Crippen molar-refractivity contribution < 1.29 is 18.5 Å². The predicted octanol–water partition coefficient (Wildman–Crippen LogP) is 3.84. The Morgan fingerprint density at radius 2 is 1.71 bits per heavy atom. The summed E-state index contributed by atoms with van der Waals surface area (Å²) in [5.41, 5.74) is 5.88. The minimum absolute atomic E-state index is 0.0256. The number of hydrogen-bond acceptors (Lipinski definition) is 5. The maximum absolute atomic E-state index is 13.1. The molecular formula is C27H26N2O4S2. The van der Waals surface area contributed by atoms with E-state index in [1.807, 2.05) is 42.5 Å². The van der Waals surface area contributed by atoms with Crippen LogP contribution in [0.2, 0.25) is 0 Å². The second-order valence-corrected chi connectivity index (χ2v) is 11.2. The number of carbonyl (C=O) groups is 2. The fourth-order valence-electron chi connectivity index (χ4n) is 4.77. The van der Waals surface area contributed by atoms with Crippen molar-refractivity contribution in [3.05, 3.63) is 83.4 Å². The van der Waals surface area contributed by atoms with E-state index in [9.17, 15) is 13.8 Å². The van der Waals surface area contributed by atoms with Crippen molar-refractivity contribution in [2.24, 2.45) is 0 Å². The van der Waals surface area contributed by atoms with E-state index in [0.29, 0.717) is 31.6 Å². The maximum Gasteiger partial charge on any atom is 0.237 e. The van der Waals surface area contributed by atoms with Gasteiger partial charge in [0.05, 0.1) is 30.1 Å². The van der Waals surface area contributed by atoms with E-state index in [2.05, 4.69) is 42.2 Å². The molecule has 0 aromatic heterocycles. The van der Waals surface area contributed by atoms with Gasteiger partial charge in [-0.1, -0.05) is 60.7 Å². The van der Waals surface area contributed by atoms with Crippen LogP contribution in [0.25, 0.3) is 11.1 Å². The molecule has 0 saturated carbocycles. The molecule has 0 spiro atoms. The number of ether oxygens (including phenoxy) is 1. The molecule has 8 heteroatoms. The largest absolute Gasteiger partial charge is 0.495 e. The molecule has 5 rings (SSSR count). The highest BCUT2D eigenvalue weighted by Crippen LogP contribution is 2.40. The fraction of sp³-hybridized carbons (Fsp3) is 0.259. The third-order valence-electron chi connectivity index (χ3n) is 6.59. The SMILES string of the molecule is COc1ccc(CC2C(=O)NC(S)S2=O)c2c1N(Cc1ccc(-c3ccccc3)cc1)C(=O)CC2. The van der Waals surface area contributed by atoms with Crippen molar-refractivity contribution in [2.45, 2.75) is 35.8 Å². The first kappa shape index (κ1) is 23.6. The second kappa shape index (κ2) is 9.87. The third-order valence-corrected chi connectivity index (χ3v) is 8.84. The van der Waals surface area contributed by atoms with Crippen LogP contribution < -0.4 is 15.0 Å². The van der Waals surface area contributed by atoms with E-state index in [4.69, 9.17) is 4.74 Å². The van der Waals surface area contributed by atoms with Crippen LogP contribution in [0.4, 0.5) is 5.69 Å². The summed E-state index contributed by atoms with van der Waals surface area (Å²) in [4.78, 5) is 27.2. The van der Waals surface area contributed by atoms with Gasteiger partial charge in [0.25, 0.3) is 0 Å². The lowest BCUT2D eigenvalue weighted by Gasteiger charge is -2.32. The van der Waals surface area contributed by atoms with Crippen LogP contribution >= 0.6 is 12.6 Å². The first-order chi connectivity index (χ1) is 17.0. The number of nitrogens with zero attached hydrogens (tertiary/aromatic N) is 1. The predicted molar refractivity (Wildman–Crippen MR) is 141 cm³/mol. The number of methoxy groups -OCH3 is 1. The molecule has 1 N–H and O–H groups in total. The summed E-state index contributed by atoms with van der Waals surface area (Å²) < 4.78 is 17.6. The average molecular weight is 507 g/mol. The van der Waals surface area contributed by atoms with Gasteiger partial charge in [0, 0.05) is 6.42 Å². The van der Waals surface area contributed by atoms with Crippen LogP contribution in [0.5, 0.6) is 5.75 Å². The van der Waals surface area contributed by atoms with E-state index in [1.165, 1.54) is 0 Å². The molecule has 35 heavy (non-hydrogen) atoms. The molecule has 2 heterocycles. The molecule has 0 aliphatic carbocycles. The smallest absolute Gasteiger partial charge is 0.237 e. The molecule has 3 unspecified atom stereocenters. The van der Waals surface area contributed by atoms with Gasteiger partial charge in [-0.2, -0.15) is 0 Å². The van der Waals surface area contributed by atoms with Gasteiger partial charge in [-0.15, -0.1) is 12.6 Å². The standard InChI is InChI=1S/C27H26N2O4S2/c1-33-22-13-11-20(15-23-26(31)28-27(34)35(23)32)21-12-14-24(30)29(25(21)22)16-17-7-9-19(10-8-17)18-5-3-2-4-6-18/h2-11,13,23,27,34H,12,14-16H2,1H3,(H,28,31). The fourth-order valence-corrected chi connectivity index (χ4v) is 6.50. The number of rotatable bonds is 6. The Morgan fingerprint density at radius 3 is 2.37 bits per heavy atom. The number of benzene rings is 3. The van der Waals surface area contributed by atoms with Gasteiger partial charge in [-0.3, -0.25) is 13.8 Å². The van der Waals surface area contributed by atoms with Crippen molar-refractivity contribution in [1.82, 2.24) is 5.32 Å². The Labute approximate surface area is 212 Å². The lowest BCUT2D eigenvalue weighted by molar-refractivity contribution is -0.120. The molecule has 3 aromatic carbocycles. The summed E-state index contributed by atoms with van der Waals surface area (Å²) in [6.07, 6.45) is 1.25. The van der Waals surface area contributed by atoms with Gasteiger partial charge in [0.1, 0.15) is 15.7 Å². The van der Waals surface area contributed by atoms with E-state index in [-0.39, 0.29) is 11.8 Å². The van der Waals surface area contributed by atoms with Crippen LogP contribution in [0.3, 0.4) is 0 Å². The zero-order valence-electron chi connectivity index (χ0n) is 19.3. The summed E-state index contributed by atoms with van der Waals surface area (Å²) in [6, 6.07) is 22.1. The van der Waals surface area contributed by atoms with Crippen molar-refractivity contribution in [1.29, 1.82) is 0 Å². The zero-order chi connectivity index (χ0) is 24.5. The highest BCUT2D eigenvalue weighted by molar-refractivity contribution is 8.02. The maximum atomic E-state index is 13.1. The van der Waals surface area contributed by atoms with Crippen molar-refractivity contribution in [3.63, 3.8) is 0 Å². The number of fused-ring (bicyclic) bond motifs is 1. The van der Waals surface area contributed by atoms with Crippen LogP contribution in [-0.4, -0.2) is 33.1 Å². The minimum atomic E-state index is -1.42. The molecule has 0 bridgehead atoms. The summed E-state index contributed by atoms with van der Waals surface area (Å²) >= 11 is 4.21. The number of nitrogens with one attached hydrogen (secondary N) is 1. The van der Waals surface area contributed by atoms with Crippen LogP contribution in [0, 0.1) is 0 Å². The van der Waals surface area contributed by atoms with Gasteiger partial charge >= 0.3 is 0 Å². The molecule has 3 aromatic rings. The third kappa shape index (κ3) is 4.60. The van der Waals surface area contributed by atoms with Gasteiger partial charge in [-0.25, -0.2) is 0 Å². The number of anilines is 1. The van der Waals surface area contributed by atoms with E-state index in [0.717, 1.165) is 33.5 Å². The molecule has 1 fully saturated rings. The first-order valence-corrected chi connectivity index (χ1v) is 13.3. The lowest BCUT2D eigenvalue weighted by atomic mass is 9.92. The Balaban J connectivity index is 1.46. The topological polar surface area (TPSA) is 75.7 Å². The summed E-state index contributed by atoms with van der Waals surface area (Å²) in [7, 11) is 0.172. The molecule has 2 aliphatic heterocycles. The molecule has 180 valence electrons. The number of amides is 2. The molecule has 3 atom stereocenters. The monoisotopic (exact) mass is 506 g/mol. The Hall–Kier alpha value is -3.10. The van der Waals surface area contributed by atoms with E-state index < -0.39 is 20.8 Å². The molecule has 0 radical (unpaired) electrons. The zero-order valence-corrected chi connectivity index (χ0v) is 21.0. The van der Waals surface area contributed by atoms with Crippen LogP contribution in [0.1, 0.15) is 23.1 Å². The Bertz CT molecular complexity index is 1290.